The van der Waals surface area contributed by atoms with E-state index in [-0.39, 0.29) is 85.9 Å². The molecule has 1 fully saturated rings. The summed E-state index contributed by atoms with van der Waals surface area (Å²) in [6, 6.07) is -1.12. The summed E-state index contributed by atoms with van der Waals surface area (Å²) in [4.78, 5) is 123. The molecule has 31 nitrogen and oxygen atoms in total. The van der Waals surface area contributed by atoms with Crippen LogP contribution in [0.5, 0.6) is 0 Å². The van der Waals surface area contributed by atoms with Crippen molar-refractivity contribution < 1.29 is 110 Å². The first-order chi connectivity index (χ1) is 37.4. The first kappa shape index (κ1) is 69.7. The summed E-state index contributed by atoms with van der Waals surface area (Å²) in [5.41, 5.74) is 9.75. The maximum atomic E-state index is 12.8. The van der Waals surface area contributed by atoms with Gasteiger partial charge in [0.15, 0.2) is 22.8 Å². The van der Waals surface area contributed by atoms with Gasteiger partial charge < -0.3 is 71.9 Å². The van der Waals surface area contributed by atoms with Crippen molar-refractivity contribution in [3.8, 4) is 0 Å². The molecule has 1 aliphatic rings. The monoisotopic (exact) mass is 1230 g/mol. The lowest BCUT2D eigenvalue weighted by molar-refractivity contribution is -0.138. The number of thioether (sulfide) groups is 2. The minimum Gasteiger partial charge on any atom is -0.481 e. The Morgan fingerprint density at radius 1 is 0.912 bits per heavy atom. The summed E-state index contributed by atoms with van der Waals surface area (Å²) in [6.45, 7) is 0.101. The van der Waals surface area contributed by atoms with Crippen molar-refractivity contribution >= 4 is 98.6 Å². The fourth-order valence-electron chi connectivity index (χ4n) is 6.80. The van der Waals surface area contributed by atoms with Crippen LogP contribution in [0.4, 0.5) is 5.82 Å². The van der Waals surface area contributed by atoms with Crippen molar-refractivity contribution in [3.05, 3.63) is 61.3 Å². The SMILES string of the molecule is CC(C)(COP(=O)(O)OP(=O)(O)OC[C@H]1O[C@@H](n2cnc3c(N)ncnc32)[C@@H](O)[C@H]1OP(=O)(O)O)C(O)C(=O)NCCC(=O)NCCSC(=O)CC(=O)CC/C=C\C\C=C/C=C/C=C/[C@@H](SC[C@@H](N)C(=O)O)[C@@H](O)CCCC(=O)O. The lowest BCUT2D eigenvalue weighted by Gasteiger charge is -2.30. The predicted molar refractivity (Wildman–Crippen MR) is 286 cm³/mol. The Balaban J connectivity index is 1.31. The molecule has 0 saturated carbocycles. The Morgan fingerprint density at radius 3 is 2.30 bits per heavy atom. The number of carboxylic acids is 2. The van der Waals surface area contributed by atoms with Crippen LogP contribution in [0.3, 0.4) is 0 Å². The number of nitrogens with two attached hydrogens (primary N) is 2. The third-order valence-corrected chi connectivity index (χ3v) is 16.3. The van der Waals surface area contributed by atoms with E-state index in [2.05, 4.69) is 34.4 Å². The van der Waals surface area contributed by atoms with Crippen molar-refractivity contribution in [2.75, 3.05) is 43.5 Å². The van der Waals surface area contributed by atoms with Crippen molar-refractivity contribution in [2.24, 2.45) is 11.1 Å². The number of aliphatic carboxylic acids is 2. The Labute approximate surface area is 466 Å². The first-order valence-electron chi connectivity index (χ1n) is 24.1. The van der Waals surface area contributed by atoms with Crippen LogP contribution in [-0.4, -0.2) is 179 Å². The number of aromatic nitrogens is 4. The maximum absolute atomic E-state index is 12.8. The molecule has 0 aliphatic carbocycles. The summed E-state index contributed by atoms with van der Waals surface area (Å²) >= 11 is 2.01. The largest absolute Gasteiger partial charge is 0.481 e. The van der Waals surface area contributed by atoms with Gasteiger partial charge >= 0.3 is 35.4 Å². The molecule has 80 heavy (non-hydrogen) atoms. The summed E-state index contributed by atoms with van der Waals surface area (Å²) in [7, 11) is -16.5. The van der Waals surface area contributed by atoms with Gasteiger partial charge in [0, 0.05) is 54.5 Å². The van der Waals surface area contributed by atoms with Gasteiger partial charge in [-0.15, -0.1) is 11.8 Å². The molecule has 448 valence electrons. The third kappa shape index (κ3) is 25.7. The van der Waals surface area contributed by atoms with Crippen LogP contribution in [0.1, 0.15) is 71.4 Å². The lowest BCUT2D eigenvalue weighted by Crippen LogP contribution is -2.46. The number of Topliss-reactive ketones (excluding diaryl/α,β-unsaturated/α-hetero) is 1. The molecule has 36 heteroatoms. The Kier molecular flexibility index (Phi) is 29.2. The highest BCUT2D eigenvalue weighted by molar-refractivity contribution is 8.13. The number of fused-ring (bicyclic) bond motifs is 1. The van der Waals surface area contributed by atoms with Gasteiger partial charge in [0.05, 0.1) is 32.1 Å². The van der Waals surface area contributed by atoms with Crippen LogP contribution in [0.15, 0.2) is 61.3 Å². The van der Waals surface area contributed by atoms with Gasteiger partial charge in [0.1, 0.15) is 48.1 Å². The average molecular weight is 1230 g/mol. The number of allylic oxidation sites excluding steroid dienone is 7. The van der Waals surface area contributed by atoms with E-state index >= 15 is 0 Å². The topological polar surface area (TPSA) is 502 Å². The van der Waals surface area contributed by atoms with Crippen molar-refractivity contribution in [1.29, 1.82) is 0 Å². The van der Waals surface area contributed by atoms with E-state index in [4.69, 9.17) is 35.5 Å². The van der Waals surface area contributed by atoms with E-state index in [0.717, 1.165) is 40.7 Å². The number of nitrogen functional groups attached to an aromatic ring is 1. The zero-order valence-corrected chi connectivity index (χ0v) is 47.5. The molecule has 2 aromatic heterocycles. The minimum absolute atomic E-state index is 0.00931. The average Bonchev–Trinajstić information content (AvgIpc) is 3.96. The number of carbonyl (C=O) groups excluding carboxylic acids is 4. The number of carboxylic acid groups (broad SMARTS) is 2. The van der Waals surface area contributed by atoms with E-state index in [9.17, 15) is 77.4 Å². The number of rotatable bonds is 38. The number of ketones is 1. The molecule has 0 aromatic carbocycles. The molecule has 2 aromatic rings. The molecule has 0 radical (unpaired) electrons. The highest BCUT2D eigenvalue weighted by atomic mass is 32.2. The molecule has 3 rings (SSSR count). The van der Waals surface area contributed by atoms with Gasteiger partial charge in [0.25, 0.3) is 0 Å². The van der Waals surface area contributed by atoms with E-state index in [1.165, 1.54) is 13.8 Å². The van der Waals surface area contributed by atoms with Gasteiger partial charge in [0.2, 0.25) is 11.8 Å². The van der Waals surface area contributed by atoms with Crippen molar-refractivity contribution in [2.45, 2.75) is 113 Å². The smallest absolute Gasteiger partial charge is 0.481 e. The normalized spacial score (nSPS) is 20.2. The quantitative estimate of drug-likeness (QED) is 0.0147. The van der Waals surface area contributed by atoms with Crippen LogP contribution in [0, 0.1) is 5.41 Å². The summed E-state index contributed by atoms with van der Waals surface area (Å²) in [6.07, 6.45) is 7.10. The number of aliphatic hydroxyl groups excluding tert-OH is 3. The number of aliphatic hydroxyl groups is 3. The Hall–Kier alpha value is -4.60. The van der Waals surface area contributed by atoms with Gasteiger partial charge in [-0.3, -0.25) is 46.9 Å². The molecule has 1 saturated heterocycles. The number of ether oxygens (including phenoxy) is 1. The summed E-state index contributed by atoms with van der Waals surface area (Å²) < 4.78 is 62.4. The number of phosphoric acid groups is 3. The zero-order valence-electron chi connectivity index (χ0n) is 43.1. The fraction of sp³-hybridized carbons (Fsp3) is 0.568. The maximum Gasteiger partial charge on any atom is 0.481 e. The molecular formula is C44H67N8O23P3S2. The molecule has 1 aliphatic heterocycles. The molecule has 15 N–H and O–H groups in total. The van der Waals surface area contributed by atoms with E-state index in [1.54, 1.807) is 36.5 Å². The summed E-state index contributed by atoms with van der Waals surface area (Å²) in [5.74, 6) is -3.86. The zero-order chi connectivity index (χ0) is 59.8. The van der Waals surface area contributed by atoms with E-state index in [0.29, 0.717) is 12.8 Å². The molecule has 0 bridgehead atoms. The Morgan fingerprint density at radius 2 is 1.61 bits per heavy atom. The number of nitrogens with zero attached hydrogens (tertiary/aromatic N) is 4. The fourth-order valence-corrected chi connectivity index (χ4v) is 11.5. The second-order valence-electron chi connectivity index (χ2n) is 18.0. The number of hydrogen-bond acceptors (Lipinski definition) is 24. The third-order valence-electron chi connectivity index (χ3n) is 11.0. The number of amides is 2. The summed E-state index contributed by atoms with van der Waals surface area (Å²) in [5, 5.41) is 54.0. The second-order valence-corrected chi connectivity index (χ2v) is 24.6. The molecule has 3 heterocycles. The highest BCUT2D eigenvalue weighted by Crippen LogP contribution is 2.61. The highest BCUT2D eigenvalue weighted by Gasteiger charge is 2.50. The predicted octanol–water partition coefficient (Wildman–Crippen LogP) is 1.15. The number of imidazole rings is 1. The lowest BCUT2D eigenvalue weighted by atomic mass is 9.87. The number of hydrogen-bond donors (Lipinski definition) is 13. The van der Waals surface area contributed by atoms with Gasteiger partial charge in [-0.25, -0.2) is 28.6 Å². The molecular weight excluding hydrogens is 1170 g/mol. The molecule has 10 atom stereocenters. The van der Waals surface area contributed by atoms with E-state index < -0.39 is 119 Å². The second kappa shape index (κ2) is 33.5. The van der Waals surface area contributed by atoms with Crippen LogP contribution < -0.4 is 22.1 Å². The number of nitrogens with one attached hydrogen (secondary N) is 2. The molecule has 2 amide bonds. The van der Waals surface area contributed by atoms with Crippen molar-refractivity contribution in [1.82, 2.24) is 30.2 Å². The van der Waals surface area contributed by atoms with Gasteiger partial charge in [-0.1, -0.05) is 74.2 Å². The Bertz CT molecular complexity index is 2690. The van der Waals surface area contributed by atoms with Crippen LogP contribution >= 0.6 is 47.0 Å². The van der Waals surface area contributed by atoms with Crippen LogP contribution in [0.25, 0.3) is 11.2 Å². The standard InChI is InChI=1S/C44H67N8O23P3S2/c1-44(2,24-72-78(69,70)75-77(67,68)71-22-30-37(74-76(64,65)66)36(59)42(73-30)52-26-51-35-39(46)49-25-50-40(35)52)38(60)41(61)48-18-17-32(55)47-19-20-79-34(58)21-27(53)13-10-8-6-4-3-5-7-9-11-15-31(80-23-28(45)43(62)63)29(54)14-12-16-33(56)57/h3,5-9,11,15,25-26,28-31,36-38,42,54,59-60H,4,10,12-14,16-24,45H2,1-2H3,(H,47,55)(H,48,61)(H,56,57)(H,62,63)(H,67,68)(H,69,70)(H2,46,49,50)(H2,64,65,66)/b5-3-,8-6-,9-7+,15-11+/t28-,29+,30-,31-,36+,37+,38?,42-/m1/s1. The van der Waals surface area contributed by atoms with Crippen LogP contribution in [-0.2, 0) is 65.1 Å². The number of anilines is 1. The number of carbonyl (C=O) groups is 6. The van der Waals surface area contributed by atoms with Crippen LogP contribution in [0.2, 0.25) is 0 Å². The number of phosphoric ester groups is 3. The first-order valence-corrected chi connectivity index (χ1v) is 30.7. The minimum atomic E-state index is -5.62. The van der Waals surface area contributed by atoms with Gasteiger partial charge in [-0.2, -0.15) is 4.31 Å². The van der Waals surface area contributed by atoms with Crippen molar-refractivity contribution in [3.63, 3.8) is 0 Å². The molecule has 3 unspecified atom stereocenters. The molecule has 0 spiro atoms. The van der Waals surface area contributed by atoms with E-state index in [1.807, 2.05) is 12.2 Å². The van der Waals surface area contributed by atoms with Gasteiger partial charge in [-0.05, 0) is 25.7 Å².